The van der Waals surface area contributed by atoms with E-state index in [1.54, 1.807) is 0 Å². The molecule has 1 fully saturated rings. The minimum absolute atomic E-state index is 0.0818. The fourth-order valence-corrected chi connectivity index (χ4v) is 1.82. The largest absolute Gasteiger partial charge is 0.326 e. The highest BCUT2D eigenvalue weighted by Crippen LogP contribution is 2.33. The van der Waals surface area contributed by atoms with E-state index in [4.69, 9.17) is 0 Å². The fraction of sp³-hybridized carbons (Fsp3) is 0.333. The first-order chi connectivity index (χ1) is 7.99. The van der Waals surface area contributed by atoms with Crippen molar-refractivity contribution in [1.82, 2.24) is 4.98 Å². The first-order valence-corrected chi connectivity index (χ1v) is 5.61. The summed E-state index contributed by atoms with van der Waals surface area (Å²) in [5.74, 6) is -1.13. The predicted molar refractivity (Wildman–Crippen MR) is 62.3 cm³/mol. The Morgan fingerprint density at radius 3 is 2.94 bits per heavy atom. The number of carbonyl (C=O) groups excluding carboxylic acids is 1. The van der Waals surface area contributed by atoms with Gasteiger partial charge in [-0.05, 0) is 22.0 Å². The van der Waals surface area contributed by atoms with Crippen molar-refractivity contribution in [2.75, 3.05) is 5.32 Å². The van der Waals surface area contributed by atoms with Crippen LogP contribution >= 0.6 is 15.9 Å². The van der Waals surface area contributed by atoms with Crippen LogP contribution < -0.4 is 10.9 Å². The number of hydrogen-bond donors (Lipinski definition) is 2. The number of anilines is 1. The summed E-state index contributed by atoms with van der Waals surface area (Å²) in [6.45, 7) is 0. The van der Waals surface area contributed by atoms with Crippen molar-refractivity contribution < 1.29 is 9.72 Å². The predicted octanol–water partition coefficient (Wildman–Crippen LogP) is 0.741. The number of aromatic amines is 1. The lowest BCUT2D eigenvalue weighted by atomic mass is 10.3. The van der Waals surface area contributed by atoms with Crippen molar-refractivity contribution >= 4 is 27.5 Å². The van der Waals surface area contributed by atoms with E-state index in [1.807, 2.05) is 0 Å². The molecule has 1 amide bonds. The Labute approximate surface area is 103 Å². The van der Waals surface area contributed by atoms with Crippen LogP contribution in [-0.2, 0) is 4.79 Å². The van der Waals surface area contributed by atoms with Crippen LogP contribution in [-0.4, -0.2) is 21.9 Å². The number of aromatic nitrogens is 1. The molecular formula is C9H8BrN3O4. The number of pyridine rings is 1. The van der Waals surface area contributed by atoms with Gasteiger partial charge in [0.2, 0.25) is 11.9 Å². The summed E-state index contributed by atoms with van der Waals surface area (Å²) < 4.78 is 0.606. The number of nitro groups is 1. The molecule has 0 radical (unpaired) electrons. The van der Waals surface area contributed by atoms with Crippen LogP contribution in [0.25, 0.3) is 0 Å². The normalized spacial score (nSPS) is 21.9. The van der Waals surface area contributed by atoms with Crippen molar-refractivity contribution in [3.05, 3.63) is 37.2 Å². The topological polar surface area (TPSA) is 105 Å². The molecule has 0 unspecified atom stereocenters. The van der Waals surface area contributed by atoms with Crippen molar-refractivity contribution in [3.8, 4) is 0 Å². The number of carbonyl (C=O) groups is 1. The number of amides is 1. The zero-order chi connectivity index (χ0) is 12.6. The molecule has 1 saturated carbocycles. The summed E-state index contributed by atoms with van der Waals surface area (Å²) >= 11 is 3.14. The lowest BCUT2D eigenvalue weighted by molar-refractivity contribution is -0.497. The Morgan fingerprint density at radius 2 is 2.35 bits per heavy atom. The number of nitrogens with one attached hydrogen (secondary N) is 2. The third-order valence-electron chi connectivity index (χ3n) is 2.49. The Morgan fingerprint density at radius 1 is 1.65 bits per heavy atom. The van der Waals surface area contributed by atoms with E-state index in [0.717, 1.165) is 0 Å². The molecule has 0 bridgehead atoms. The molecule has 0 aliphatic heterocycles. The second-order valence-corrected chi connectivity index (χ2v) is 4.66. The minimum Gasteiger partial charge on any atom is -0.326 e. The van der Waals surface area contributed by atoms with E-state index in [0.29, 0.717) is 4.47 Å². The molecule has 2 N–H and O–H groups in total. The Hall–Kier alpha value is -1.70. The van der Waals surface area contributed by atoms with E-state index in [9.17, 15) is 19.7 Å². The Bertz CT molecular complexity index is 541. The molecule has 0 spiro atoms. The van der Waals surface area contributed by atoms with E-state index in [2.05, 4.69) is 26.2 Å². The molecule has 2 rings (SSSR count). The van der Waals surface area contributed by atoms with Crippen LogP contribution in [0.15, 0.2) is 21.5 Å². The summed E-state index contributed by atoms with van der Waals surface area (Å²) in [5, 5.41) is 12.8. The molecule has 90 valence electrons. The van der Waals surface area contributed by atoms with Gasteiger partial charge in [-0.2, -0.15) is 0 Å². The molecule has 0 saturated heterocycles. The highest BCUT2D eigenvalue weighted by molar-refractivity contribution is 9.10. The molecule has 1 aliphatic rings. The average molecular weight is 302 g/mol. The first kappa shape index (κ1) is 11.8. The van der Waals surface area contributed by atoms with Gasteiger partial charge in [0.25, 0.3) is 5.56 Å². The van der Waals surface area contributed by atoms with Gasteiger partial charge in [-0.15, -0.1) is 0 Å². The quantitative estimate of drug-likeness (QED) is 0.634. The molecule has 1 aromatic rings. The zero-order valence-electron chi connectivity index (χ0n) is 8.47. The van der Waals surface area contributed by atoms with Crippen molar-refractivity contribution in [2.45, 2.75) is 12.5 Å². The van der Waals surface area contributed by atoms with Crippen molar-refractivity contribution in [3.63, 3.8) is 0 Å². The van der Waals surface area contributed by atoms with Gasteiger partial charge in [0.05, 0.1) is 0 Å². The molecule has 1 aromatic heterocycles. The van der Waals surface area contributed by atoms with Gasteiger partial charge < -0.3 is 10.3 Å². The van der Waals surface area contributed by atoms with Gasteiger partial charge in [0.15, 0.2) is 0 Å². The third-order valence-corrected chi connectivity index (χ3v) is 2.95. The smallest absolute Gasteiger partial charge is 0.271 e. The summed E-state index contributed by atoms with van der Waals surface area (Å²) in [5.41, 5.74) is -0.363. The Kier molecular flexibility index (Phi) is 2.97. The van der Waals surface area contributed by atoms with E-state index >= 15 is 0 Å². The van der Waals surface area contributed by atoms with E-state index in [-0.39, 0.29) is 12.1 Å². The van der Waals surface area contributed by atoms with Crippen LogP contribution in [0, 0.1) is 16.0 Å². The molecular weight excluding hydrogens is 294 g/mol. The molecule has 17 heavy (non-hydrogen) atoms. The number of halogens is 1. The van der Waals surface area contributed by atoms with Gasteiger partial charge in [-0.25, -0.2) is 0 Å². The highest BCUT2D eigenvalue weighted by Gasteiger charge is 2.53. The average Bonchev–Trinajstić information content (AvgIpc) is 3.03. The van der Waals surface area contributed by atoms with Gasteiger partial charge in [0.1, 0.15) is 11.6 Å². The van der Waals surface area contributed by atoms with Crippen molar-refractivity contribution in [1.29, 1.82) is 0 Å². The van der Waals surface area contributed by atoms with Crippen LogP contribution in [0.1, 0.15) is 6.42 Å². The fourth-order valence-electron chi connectivity index (χ4n) is 1.47. The summed E-state index contributed by atoms with van der Waals surface area (Å²) in [6.07, 6.45) is 1.67. The third kappa shape index (κ3) is 2.52. The first-order valence-electron chi connectivity index (χ1n) is 4.81. The number of rotatable bonds is 3. The van der Waals surface area contributed by atoms with E-state index in [1.165, 1.54) is 12.3 Å². The zero-order valence-corrected chi connectivity index (χ0v) is 10.1. The molecule has 1 heterocycles. The maximum Gasteiger partial charge on any atom is 0.271 e. The maximum atomic E-state index is 11.6. The molecule has 0 aromatic carbocycles. The SMILES string of the molecule is O=C(Nc1cc(Br)c[nH]c1=O)[C@H]1C[C@@H]1[N+](=O)[O-]. The monoisotopic (exact) mass is 301 g/mol. The maximum absolute atomic E-state index is 11.6. The number of H-pyrrole nitrogens is 1. The van der Waals surface area contributed by atoms with Crippen LogP contribution in [0.2, 0.25) is 0 Å². The Balaban J connectivity index is 2.07. The lowest BCUT2D eigenvalue weighted by Gasteiger charge is -2.02. The van der Waals surface area contributed by atoms with Crippen LogP contribution in [0.5, 0.6) is 0 Å². The summed E-state index contributed by atoms with van der Waals surface area (Å²) in [6, 6.07) is 0.626. The van der Waals surface area contributed by atoms with E-state index < -0.39 is 28.3 Å². The molecule has 8 heteroatoms. The summed E-state index contributed by atoms with van der Waals surface area (Å²) in [4.78, 5) is 35.2. The molecule has 7 nitrogen and oxygen atoms in total. The van der Waals surface area contributed by atoms with Crippen LogP contribution in [0.3, 0.4) is 0 Å². The number of hydrogen-bond acceptors (Lipinski definition) is 4. The molecule has 2 atom stereocenters. The van der Waals surface area contributed by atoms with Crippen molar-refractivity contribution in [2.24, 2.45) is 5.92 Å². The van der Waals surface area contributed by atoms with Gasteiger partial charge in [-0.1, -0.05) is 0 Å². The standard InChI is InChI=1S/C9H8BrN3O4/c10-4-1-6(9(15)11-3-4)12-8(14)5-2-7(5)13(16)17/h1,3,5,7H,2H2,(H,11,15)(H,12,14)/t5-,7-/m0/s1. The van der Waals surface area contributed by atoms with Gasteiger partial charge in [-0.3, -0.25) is 19.7 Å². The second-order valence-electron chi connectivity index (χ2n) is 3.74. The molecule has 1 aliphatic carbocycles. The summed E-state index contributed by atoms with van der Waals surface area (Å²) in [7, 11) is 0. The second kappa shape index (κ2) is 4.28. The number of nitrogens with zero attached hydrogens (tertiary/aromatic N) is 1. The highest BCUT2D eigenvalue weighted by atomic mass is 79.9. The van der Waals surface area contributed by atoms with Crippen LogP contribution in [0.4, 0.5) is 5.69 Å². The lowest BCUT2D eigenvalue weighted by Crippen LogP contribution is -2.23. The van der Waals surface area contributed by atoms with Gasteiger partial charge in [0, 0.05) is 22.0 Å². The minimum atomic E-state index is -0.818. The van der Waals surface area contributed by atoms with Gasteiger partial charge >= 0.3 is 0 Å².